The third kappa shape index (κ3) is 1.77. The Morgan fingerprint density at radius 2 is 0.786 bits per heavy atom. The Bertz CT molecular complexity index is 660. The number of ether oxygens (including phenoxy) is 1. The Morgan fingerprint density at radius 3 is 1.11 bits per heavy atom. The van der Waals surface area contributed by atoms with Crippen molar-refractivity contribution in [2.24, 2.45) is 0 Å². The zero-order valence-corrected chi connectivity index (χ0v) is 11.8. The van der Waals surface area contributed by atoms with Gasteiger partial charge in [-0.25, -0.2) is 4.39 Å². The van der Waals surface area contributed by atoms with Crippen LogP contribution in [0.15, 0.2) is 0 Å². The third-order valence-electron chi connectivity index (χ3n) is 3.99. The van der Waals surface area contributed by atoms with Crippen LogP contribution < -0.4 is 0 Å². The fraction of sp³-hybridized carbons (Fsp3) is 1.00. The maximum atomic E-state index is 14.2. The van der Waals surface area contributed by atoms with E-state index in [1.165, 1.54) is 0 Å². The van der Waals surface area contributed by atoms with Gasteiger partial charge in [-0.1, -0.05) is 0 Å². The highest BCUT2D eigenvalue weighted by atomic mass is 19.4. The van der Waals surface area contributed by atoms with E-state index in [4.69, 9.17) is 0 Å². The van der Waals surface area contributed by atoms with Gasteiger partial charge in [0, 0.05) is 0 Å². The lowest BCUT2D eigenvalue weighted by Gasteiger charge is -2.51. The number of halogens is 17. The molecule has 0 N–H and O–H groups in total. The van der Waals surface area contributed by atoms with E-state index in [1.807, 2.05) is 0 Å². The number of nitrogens with zero attached hydrogens (tertiary/aromatic N) is 1. The Labute approximate surface area is 139 Å². The standard InChI is InChI=1S/C9F17NO/c10-1(2(11,12)4(15,16)5(17,18)3(1,13)14)6(19)7(20,21)27(26)8(22,23)9(24,25)28-6. The monoisotopic (exact) mass is 461 g/mol. The summed E-state index contributed by atoms with van der Waals surface area (Å²) < 4.78 is 227. The molecule has 1 atom stereocenters. The lowest BCUT2D eigenvalue weighted by molar-refractivity contribution is -0.590. The van der Waals surface area contributed by atoms with Crippen LogP contribution in [0.4, 0.5) is 74.7 Å². The molecule has 19 heteroatoms. The fourth-order valence-electron chi connectivity index (χ4n) is 2.42. The van der Waals surface area contributed by atoms with Crippen molar-refractivity contribution in [1.29, 1.82) is 0 Å². The zero-order valence-electron chi connectivity index (χ0n) is 11.8. The van der Waals surface area contributed by atoms with Crippen LogP contribution in [0, 0.1) is 0 Å². The molecule has 1 saturated carbocycles. The first-order valence-electron chi connectivity index (χ1n) is 6.05. The summed E-state index contributed by atoms with van der Waals surface area (Å²) in [4.78, 5) is 0. The summed E-state index contributed by atoms with van der Waals surface area (Å²) in [5.74, 6) is -39.5. The molecule has 1 unspecified atom stereocenters. The highest BCUT2D eigenvalue weighted by Crippen LogP contribution is 2.75. The topological polar surface area (TPSA) is 12.5 Å². The van der Waals surface area contributed by atoms with Crippen LogP contribution in [0.3, 0.4) is 0 Å². The molecule has 0 aromatic rings. The molecule has 0 radical (unpaired) electrons. The first-order valence-corrected chi connectivity index (χ1v) is 6.05. The second-order valence-corrected chi connectivity index (χ2v) is 5.53. The lowest BCUT2D eigenvalue weighted by atomic mass is 9.85. The molecule has 2 nitrogen and oxygen atoms in total. The predicted octanol–water partition coefficient (Wildman–Crippen LogP) is 4.91. The van der Waals surface area contributed by atoms with E-state index in [0.29, 0.717) is 0 Å². The summed E-state index contributed by atoms with van der Waals surface area (Å²) in [6, 6.07) is -14.8. The summed E-state index contributed by atoms with van der Waals surface area (Å²) in [6.45, 7) is 0. The average Bonchev–Trinajstić information content (AvgIpc) is 2.54. The molecule has 166 valence electrons. The fourth-order valence-corrected chi connectivity index (χ4v) is 2.42. The first-order chi connectivity index (χ1) is 11.9. The molecular formula is C9F17NO. The van der Waals surface area contributed by atoms with Gasteiger partial charge in [0.15, 0.2) is 0 Å². The van der Waals surface area contributed by atoms with Crippen molar-refractivity contribution in [3.05, 3.63) is 0 Å². The molecule has 1 aliphatic heterocycles. The van der Waals surface area contributed by atoms with Crippen LogP contribution in [0.5, 0.6) is 0 Å². The molecule has 2 aliphatic rings. The van der Waals surface area contributed by atoms with Crippen molar-refractivity contribution < 1.29 is 79.5 Å². The van der Waals surface area contributed by atoms with Gasteiger partial charge >= 0.3 is 53.4 Å². The first kappa shape index (κ1) is 23.0. The van der Waals surface area contributed by atoms with Crippen molar-refractivity contribution >= 4 is 0 Å². The van der Waals surface area contributed by atoms with Gasteiger partial charge in [-0.2, -0.15) is 65.9 Å². The van der Waals surface area contributed by atoms with Crippen LogP contribution in [0.2, 0.25) is 0 Å². The van der Waals surface area contributed by atoms with E-state index in [9.17, 15) is 74.7 Å². The summed E-state index contributed by atoms with van der Waals surface area (Å²) >= 11 is 0. The minimum atomic E-state index is -8.20. The number of morpholine rings is 1. The highest BCUT2D eigenvalue weighted by molar-refractivity contribution is 5.33. The van der Waals surface area contributed by atoms with Crippen LogP contribution in [0.25, 0.3) is 0 Å². The van der Waals surface area contributed by atoms with Gasteiger partial charge in [-0.3, -0.25) is 4.74 Å². The summed E-state index contributed by atoms with van der Waals surface area (Å²) in [5, 5.41) is -4.09. The van der Waals surface area contributed by atoms with Gasteiger partial charge in [0.25, 0.3) is 0 Å². The van der Waals surface area contributed by atoms with Crippen molar-refractivity contribution in [2.75, 3.05) is 0 Å². The van der Waals surface area contributed by atoms with E-state index < -0.39 is 58.5 Å². The Balaban J connectivity index is 2.94. The minimum Gasteiger partial charge on any atom is -0.266 e. The van der Waals surface area contributed by atoms with Crippen molar-refractivity contribution in [3.63, 3.8) is 0 Å². The van der Waals surface area contributed by atoms with E-state index in [1.54, 1.807) is 4.74 Å². The molecule has 1 aliphatic carbocycles. The summed E-state index contributed by atoms with van der Waals surface area (Å²) in [6.07, 6.45) is -7.23. The number of hydrogen-bond donors (Lipinski definition) is 0. The zero-order chi connectivity index (χ0) is 22.8. The van der Waals surface area contributed by atoms with Crippen LogP contribution in [-0.2, 0) is 4.74 Å². The lowest BCUT2D eigenvalue weighted by Crippen LogP contribution is -2.82. The van der Waals surface area contributed by atoms with E-state index >= 15 is 0 Å². The van der Waals surface area contributed by atoms with E-state index in [0.717, 1.165) is 0 Å². The van der Waals surface area contributed by atoms with Crippen molar-refractivity contribution in [2.45, 2.75) is 53.4 Å². The van der Waals surface area contributed by atoms with Gasteiger partial charge < -0.3 is 0 Å². The molecule has 0 amide bonds. The normalized spacial score (nSPS) is 38.9. The largest absolute Gasteiger partial charge is 0.440 e. The van der Waals surface area contributed by atoms with E-state index in [-0.39, 0.29) is 0 Å². The molecule has 1 saturated heterocycles. The Hall–Kier alpha value is -1.27. The van der Waals surface area contributed by atoms with Crippen molar-refractivity contribution in [1.82, 2.24) is 5.12 Å². The Kier molecular flexibility index (Phi) is 4.02. The molecule has 28 heavy (non-hydrogen) atoms. The maximum Gasteiger partial charge on any atom is 0.440 e. The van der Waals surface area contributed by atoms with Gasteiger partial charge in [0.1, 0.15) is 0 Å². The van der Waals surface area contributed by atoms with Gasteiger partial charge in [0.05, 0.1) is 0 Å². The summed E-state index contributed by atoms with van der Waals surface area (Å²) in [7, 11) is 0. The molecule has 0 bridgehead atoms. The molecule has 2 rings (SSSR count). The molecule has 1 heterocycles. The molecule has 0 aromatic heterocycles. The van der Waals surface area contributed by atoms with Crippen molar-refractivity contribution in [3.8, 4) is 0 Å². The quantitative estimate of drug-likeness (QED) is 0.313. The predicted molar refractivity (Wildman–Crippen MR) is 46.3 cm³/mol. The summed E-state index contributed by atoms with van der Waals surface area (Å²) in [5.41, 5.74) is -8.20. The minimum absolute atomic E-state index is 1.62. The average molecular weight is 461 g/mol. The number of alkyl halides is 16. The maximum absolute atomic E-state index is 14.2. The molecule has 0 aromatic carbocycles. The molecule has 0 spiro atoms. The number of hydrogen-bond acceptors (Lipinski definition) is 2. The second-order valence-electron chi connectivity index (χ2n) is 5.53. The number of rotatable bonds is 1. The van der Waals surface area contributed by atoms with Gasteiger partial charge in [-0.05, 0) is 5.12 Å². The smallest absolute Gasteiger partial charge is 0.266 e. The van der Waals surface area contributed by atoms with Gasteiger partial charge in [-0.15, -0.1) is 4.48 Å². The molecular weight excluding hydrogens is 461 g/mol. The Morgan fingerprint density at radius 1 is 0.464 bits per heavy atom. The third-order valence-corrected chi connectivity index (χ3v) is 3.99. The molecule has 2 fully saturated rings. The van der Waals surface area contributed by atoms with E-state index in [2.05, 4.69) is 0 Å². The second kappa shape index (κ2) is 4.89. The van der Waals surface area contributed by atoms with Crippen LogP contribution in [-0.4, -0.2) is 58.5 Å². The highest BCUT2D eigenvalue weighted by Gasteiger charge is 3.09. The van der Waals surface area contributed by atoms with Gasteiger partial charge in [0.2, 0.25) is 0 Å². The van der Waals surface area contributed by atoms with Crippen LogP contribution in [0.1, 0.15) is 0 Å². The SMILES string of the molecule is FN1C(F)(F)C(F)(F)OC(F)(C2(F)C(F)(F)C(F)(F)C(F)(F)C2(F)F)C1(F)F. The van der Waals surface area contributed by atoms with Crippen LogP contribution >= 0.6 is 0 Å².